The Bertz CT molecular complexity index is 748. The molecule has 0 fully saturated rings. The van der Waals surface area contributed by atoms with Gasteiger partial charge in [0.1, 0.15) is 0 Å². The third-order valence-corrected chi connectivity index (χ3v) is 3.63. The number of hydrogen-bond donors (Lipinski definition) is 1. The van der Waals surface area contributed by atoms with Crippen molar-refractivity contribution in [1.82, 2.24) is 0 Å². The highest BCUT2D eigenvalue weighted by Gasteiger charge is 2.43. The van der Waals surface area contributed by atoms with Gasteiger partial charge in [0.15, 0.2) is 11.5 Å². The fourth-order valence-electron chi connectivity index (χ4n) is 1.58. The monoisotopic (exact) mass is 340 g/mol. The Balaban J connectivity index is 2.44. The second kappa shape index (κ2) is 6.74. The minimum absolute atomic E-state index is 0.0976. The maximum Gasteiger partial charge on any atom is 0.456 e. The van der Waals surface area contributed by atoms with Crippen LogP contribution in [0.25, 0.3) is 5.76 Å². The van der Waals surface area contributed by atoms with E-state index in [1.165, 1.54) is 24.3 Å². The standard InChI is InChI=1S/C15H11F3N2O2S/c1-9-4-6-10(7-5-9)19-20-12(14(22)15(16,17)18)13(21)11-3-2-8-23-11/h2-8,21H,1H3. The van der Waals surface area contributed by atoms with E-state index in [0.717, 1.165) is 16.9 Å². The molecule has 0 amide bonds. The predicted octanol–water partition coefficient (Wildman–Crippen LogP) is 5.20. The van der Waals surface area contributed by atoms with E-state index in [1.807, 2.05) is 6.92 Å². The number of carbonyl (C=O) groups excluding carboxylic acids is 1. The quantitative estimate of drug-likeness (QED) is 0.472. The van der Waals surface area contributed by atoms with Crippen LogP contribution in [-0.4, -0.2) is 17.1 Å². The molecule has 2 rings (SSSR count). The van der Waals surface area contributed by atoms with Crippen LogP contribution in [0.2, 0.25) is 0 Å². The van der Waals surface area contributed by atoms with Crippen LogP contribution in [0.4, 0.5) is 18.9 Å². The van der Waals surface area contributed by atoms with E-state index in [-0.39, 0.29) is 10.6 Å². The topological polar surface area (TPSA) is 62.0 Å². The number of aliphatic hydroxyl groups is 1. The molecule has 4 nitrogen and oxygen atoms in total. The van der Waals surface area contributed by atoms with E-state index in [1.54, 1.807) is 17.5 Å². The van der Waals surface area contributed by atoms with E-state index in [9.17, 15) is 23.1 Å². The number of carbonyl (C=O) groups is 1. The molecular weight excluding hydrogens is 329 g/mol. The first kappa shape index (κ1) is 16.9. The Kier molecular flexibility index (Phi) is 4.95. The highest BCUT2D eigenvalue weighted by atomic mass is 32.1. The highest BCUT2D eigenvalue weighted by Crippen LogP contribution is 2.29. The number of azo groups is 1. The fourth-order valence-corrected chi connectivity index (χ4v) is 2.25. The molecule has 23 heavy (non-hydrogen) atoms. The van der Waals surface area contributed by atoms with Gasteiger partial charge in [-0.05, 0) is 30.5 Å². The molecule has 0 aliphatic carbocycles. The largest absolute Gasteiger partial charge is 0.504 e. The highest BCUT2D eigenvalue weighted by molar-refractivity contribution is 7.11. The van der Waals surface area contributed by atoms with Gasteiger partial charge in [-0.15, -0.1) is 16.5 Å². The van der Waals surface area contributed by atoms with E-state index >= 15 is 0 Å². The zero-order chi connectivity index (χ0) is 17.0. The molecule has 2 aromatic rings. The summed E-state index contributed by atoms with van der Waals surface area (Å²) < 4.78 is 38.1. The smallest absolute Gasteiger partial charge is 0.456 e. The fraction of sp³-hybridized carbons (Fsp3) is 0.133. The number of benzene rings is 1. The number of halogens is 3. The van der Waals surface area contributed by atoms with Crippen LogP contribution in [0.15, 0.2) is 57.7 Å². The molecule has 1 N–H and O–H groups in total. The first-order valence-corrected chi connectivity index (χ1v) is 7.24. The molecule has 1 aromatic heterocycles. The minimum Gasteiger partial charge on any atom is -0.504 e. The summed E-state index contributed by atoms with van der Waals surface area (Å²) in [4.78, 5) is 11.6. The molecule has 1 aromatic carbocycles. The Morgan fingerprint density at radius 1 is 1.17 bits per heavy atom. The Hall–Kier alpha value is -2.48. The van der Waals surface area contributed by atoms with Crippen molar-refractivity contribution in [2.45, 2.75) is 13.1 Å². The van der Waals surface area contributed by atoms with Gasteiger partial charge in [0.25, 0.3) is 5.78 Å². The van der Waals surface area contributed by atoms with Crippen LogP contribution in [0, 0.1) is 6.92 Å². The number of alkyl halides is 3. The van der Waals surface area contributed by atoms with E-state index in [2.05, 4.69) is 10.2 Å². The lowest BCUT2D eigenvalue weighted by Gasteiger charge is -2.06. The van der Waals surface area contributed by atoms with Gasteiger partial charge in [-0.1, -0.05) is 23.8 Å². The maximum atomic E-state index is 12.7. The number of thiophene rings is 1. The summed E-state index contributed by atoms with van der Waals surface area (Å²) >= 11 is 0.982. The van der Waals surface area contributed by atoms with Gasteiger partial charge >= 0.3 is 6.18 Å². The van der Waals surface area contributed by atoms with Crippen LogP contribution in [-0.2, 0) is 4.79 Å². The number of aryl methyl sites for hydroxylation is 1. The van der Waals surface area contributed by atoms with Crippen LogP contribution < -0.4 is 0 Å². The molecule has 0 radical (unpaired) electrons. The Morgan fingerprint density at radius 3 is 2.35 bits per heavy atom. The molecule has 0 saturated carbocycles. The molecule has 0 spiro atoms. The van der Waals surface area contributed by atoms with Gasteiger partial charge < -0.3 is 5.11 Å². The molecule has 8 heteroatoms. The number of allylic oxidation sites excluding steroid dienone is 1. The second-order valence-corrected chi connectivity index (χ2v) is 5.48. The van der Waals surface area contributed by atoms with Crippen LogP contribution >= 0.6 is 11.3 Å². The summed E-state index contributed by atoms with van der Waals surface area (Å²) in [6, 6.07) is 9.38. The van der Waals surface area contributed by atoms with Crippen molar-refractivity contribution in [3.63, 3.8) is 0 Å². The number of rotatable bonds is 4. The average molecular weight is 340 g/mol. The number of nitrogens with zero attached hydrogens (tertiary/aromatic N) is 2. The lowest BCUT2D eigenvalue weighted by molar-refractivity contribution is -0.166. The summed E-state index contributed by atoms with van der Waals surface area (Å²) in [5.74, 6) is -3.10. The van der Waals surface area contributed by atoms with Crippen molar-refractivity contribution in [3.8, 4) is 0 Å². The van der Waals surface area contributed by atoms with Gasteiger partial charge in [0.2, 0.25) is 0 Å². The molecule has 0 bridgehead atoms. The van der Waals surface area contributed by atoms with Crippen LogP contribution in [0.3, 0.4) is 0 Å². The molecule has 0 unspecified atom stereocenters. The number of Topliss-reactive ketones (excluding diaryl/α,β-unsaturated/α-hetero) is 1. The van der Waals surface area contributed by atoms with Gasteiger partial charge in [0.05, 0.1) is 10.6 Å². The first-order chi connectivity index (χ1) is 10.8. The molecule has 0 atom stereocenters. The third-order valence-electron chi connectivity index (χ3n) is 2.75. The van der Waals surface area contributed by atoms with Crippen LogP contribution in [0.5, 0.6) is 0 Å². The van der Waals surface area contributed by atoms with Gasteiger partial charge in [-0.3, -0.25) is 4.79 Å². The van der Waals surface area contributed by atoms with Gasteiger partial charge in [-0.2, -0.15) is 18.3 Å². The molecule has 0 aliphatic rings. The van der Waals surface area contributed by atoms with E-state index < -0.39 is 23.4 Å². The average Bonchev–Trinajstić information content (AvgIpc) is 3.02. The summed E-state index contributed by atoms with van der Waals surface area (Å²) in [6.07, 6.45) is -5.16. The Morgan fingerprint density at radius 2 is 1.83 bits per heavy atom. The van der Waals surface area contributed by atoms with Crippen molar-refractivity contribution >= 4 is 28.6 Å². The molecule has 1 heterocycles. The predicted molar refractivity (Wildman–Crippen MR) is 80.6 cm³/mol. The van der Waals surface area contributed by atoms with Gasteiger partial charge in [-0.25, -0.2) is 0 Å². The van der Waals surface area contributed by atoms with Crippen molar-refractivity contribution in [1.29, 1.82) is 0 Å². The molecule has 0 aliphatic heterocycles. The number of aliphatic hydroxyl groups excluding tert-OH is 1. The summed E-state index contributed by atoms with van der Waals surface area (Å²) in [7, 11) is 0. The van der Waals surface area contributed by atoms with Crippen LogP contribution in [0.1, 0.15) is 10.4 Å². The lowest BCUT2D eigenvalue weighted by Crippen LogP contribution is -2.24. The van der Waals surface area contributed by atoms with Crippen molar-refractivity contribution in [2.75, 3.05) is 0 Å². The lowest BCUT2D eigenvalue weighted by atomic mass is 10.2. The summed E-state index contributed by atoms with van der Waals surface area (Å²) in [6.45, 7) is 1.84. The molecule has 0 saturated heterocycles. The van der Waals surface area contributed by atoms with Crippen molar-refractivity contribution in [3.05, 3.63) is 57.9 Å². The number of ketones is 1. The Labute approximate surface area is 133 Å². The molecular formula is C15H11F3N2O2S. The first-order valence-electron chi connectivity index (χ1n) is 6.36. The normalized spacial score (nSPS) is 13.2. The SMILES string of the molecule is Cc1ccc(N=NC(C(=O)C(F)(F)F)=C(O)c2cccs2)cc1. The minimum atomic E-state index is -5.16. The zero-order valence-corrected chi connectivity index (χ0v) is 12.6. The van der Waals surface area contributed by atoms with E-state index in [0.29, 0.717) is 0 Å². The van der Waals surface area contributed by atoms with Gasteiger partial charge in [0, 0.05) is 0 Å². The zero-order valence-electron chi connectivity index (χ0n) is 11.8. The summed E-state index contributed by atoms with van der Waals surface area (Å²) in [5, 5.41) is 18.4. The van der Waals surface area contributed by atoms with E-state index in [4.69, 9.17) is 0 Å². The maximum absolute atomic E-state index is 12.7. The van der Waals surface area contributed by atoms with Crippen molar-refractivity contribution in [2.24, 2.45) is 10.2 Å². The molecule has 120 valence electrons. The third kappa shape index (κ3) is 4.26. The van der Waals surface area contributed by atoms with Crippen molar-refractivity contribution < 1.29 is 23.1 Å². The summed E-state index contributed by atoms with van der Waals surface area (Å²) in [5.41, 5.74) is 0.0649. The number of hydrogen-bond acceptors (Lipinski definition) is 5. The second-order valence-electron chi connectivity index (χ2n) is 4.54.